The summed E-state index contributed by atoms with van der Waals surface area (Å²) in [6, 6.07) is 27.4. The summed E-state index contributed by atoms with van der Waals surface area (Å²) in [6.07, 6.45) is 0.222. The van der Waals surface area contributed by atoms with Gasteiger partial charge < -0.3 is 10.1 Å². The van der Waals surface area contributed by atoms with Gasteiger partial charge in [0.25, 0.3) is 11.8 Å². The van der Waals surface area contributed by atoms with Crippen LogP contribution in [0.1, 0.15) is 37.0 Å². The first kappa shape index (κ1) is 27.9. The summed E-state index contributed by atoms with van der Waals surface area (Å²) < 4.78 is 5.36. The molecule has 3 amide bonds. The summed E-state index contributed by atoms with van der Waals surface area (Å²) in [5.74, 6) is -0.327. The van der Waals surface area contributed by atoms with E-state index in [1.54, 1.807) is 0 Å². The highest BCUT2D eigenvalue weighted by Gasteiger charge is 2.40. The Labute approximate surface area is 229 Å². The minimum absolute atomic E-state index is 0.0856. The summed E-state index contributed by atoms with van der Waals surface area (Å²) in [5.41, 5.74) is 5.59. The fourth-order valence-corrected chi connectivity index (χ4v) is 4.63. The number of hydrogen-bond donors (Lipinski definition) is 2. The Balaban J connectivity index is 1.44. The highest BCUT2D eigenvalue weighted by Crippen LogP contribution is 2.22. The molecule has 1 heterocycles. The molecule has 1 unspecified atom stereocenters. The molecule has 2 atom stereocenters. The molecule has 204 valence electrons. The lowest BCUT2D eigenvalue weighted by Crippen LogP contribution is -2.54. The number of ether oxygens (including phenoxy) is 1. The summed E-state index contributed by atoms with van der Waals surface area (Å²) in [4.78, 5) is 41.6. The van der Waals surface area contributed by atoms with E-state index in [0.29, 0.717) is 18.9 Å². The molecule has 1 saturated heterocycles. The Morgan fingerprint density at radius 2 is 1.44 bits per heavy atom. The van der Waals surface area contributed by atoms with Crippen LogP contribution in [-0.4, -0.2) is 46.6 Å². The topological polar surface area (TPSA) is 91.0 Å². The third-order valence-electron chi connectivity index (χ3n) is 6.59. The Morgan fingerprint density at radius 3 is 2.03 bits per heavy atom. The Hall–Kier alpha value is -4.17. The van der Waals surface area contributed by atoms with Gasteiger partial charge in [-0.3, -0.25) is 19.9 Å². The molecule has 3 aromatic rings. The third kappa shape index (κ3) is 8.15. The van der Waals surface area contributed by atoms with E-state index in [1.165, 1.54) is 5.01 Å². The van der Waals surface area contributed by atoms with E-state index < -0.39 is 18.0 Å². The smallest absolute Gasteiger partial charge is 0.408 e. The summed E-state index contributed by atoms with van der Waals surface area (Å²) in [6.45, 7) is 5.09. The van der Waals surface area contributed by atoms with Gasteiger partial charge in [-0.25, -0.2) is 9.80 Å². The second kappa shape index (κ2) is 13.6. The van der Waals surface area contributed by atoms with Crippen LogP contribution in [0.3, 0.4) is 0 Å². The lowest BCUT2D eigenvalue weighted by molar-refractivity contribution is -0.139. The summed E-state index contributed by atoms with van der Waals surface area (Å²) in [7, 11) is 0. The van der Waals surface area contributed by atoms with E-state index in [2.05, 4.69) is 29.5 Å². The van der Waals surface area contributed by atoms with Crippen molar-refractivity contribution in [2.24, 2.45) is 5.92 Å². The van der Waals surface area contributed by atoms with Crippen molar-refractivity contribution in [2.45, 2.75) is 51.9 Å². The normalized spacial score (nSPS) is 16.2. The number of rotatable bonds is 11. The summed E-state index contributed by atoms with van der Waals surface area (Å²) in [5, 5.41) is 4.06. The van der Waals surface area contributed by atoms with Gasteiger partial charge in [-0.1, -0.05) is 105 Å². The van der Waals surface area contributed by atoms with E-state index in [0.717, 1.165) is 16.7 Å². The molecule has 0 aliphatic carbocycles. The van der Waals surface area contributed by atoms with E-state index >= 15 is 0 Å². The standard InChI is InChI=1S/C31H36N4O4/c1-23(2)18-28-30(37)35(22-34(28)20-25-14-8-4-9-15-25)33-29(36)27(19-24-12-6-3-7-13-24)32-31(38)39-21-26-16-10-5-11-17-26/h3-17,23,27-28H,18-22H2,1-2H3,(H,32,38)(H,33,36)/t27?,28-/m0/s1. The van der Waals surface area contributed by atoms with Crippen molar-refractivity contribution in [3.63, 3.8) is 0 Å². The largest absolute Gasteiger partial charge is 0.445 e. The van der Waals surface area contributed by atoms with E-state index in [1.807, 2.05) is 91.0 Å². The van der Waals surface area contributed by atoms with Crippen LogP contribution in [0.25, 0.3) is 0 Å². The Bertz CT molecular complexity index is 1220. The molecule has 8 nitrogen and oxygen atoms in total. The van der Waals surface area contributed by atoms with E-state index in [-0.39, 0.29) is 31.6 Å². The molecule has 1 aliphatic heterocycles. The van der Waals surface area contributed by atoms with Gasteiger partial charge in [-0.15, -0.1) is 0 Å². The lowest BCUT2D eigenvalue weighted by atomic mass is 10.0. The minimum Gasteiger partial charge on any atom is -0.445 e. The highest BCUT2D eigenvalue weighted by molar-refractivity contribution is 5.90. The van der Waals surface area contributed by atoms with Gasteiger partial charge in [0.2, 0.25) is 0 Å². The predicted octanol–water partition coefficient (Wildman–Crippen LogP) is 4.27. The lowest BCUT2D eigenvalue weighted by Gasteiger charge is -2.23. The van der Waals surface area contributed by atoms with Crippen LogP contribution in [0.15, 0.2) is 91.0 Å². The van der Waals surface area contributed by atoms with Crippen LogP contribution in [0.4, 0.5) is 4.79 Å². The van der Waals surface area contributed by atoms with E-state index in [9.17, 15) is 14.4 Å². The Kier molecular flexibility index (Phi) is 9.69. The second-order valence-electron chi connectivity index (χ2n) is 10.2. The molecule has 0 bridgehead atoms. The number of nitrogens with one attached hydrogen (secondary N) is 2. The van der Waals surface area contributed by atoms with Crippen molar-refractivity contribution < 1.29 is 19.1 Å². The molecule has 8 heteroatoms. The molecular formula is C31H36N4O4. The average Bonchev–Trinajstić information content (AvgIpc) is 3.21. The van der Waals surface area contributed by atoms with Gasteiger partial charge in [-0.2, -0.15) is 0 Å². The van der Waals surface area contributed by atoms with Crippen LogP contribution in [0.5, 0.6) is 0 Å². The molecule has 4 rings (SSSR count). The van der Waals surface area contributed by atoms with Crippen molar-refractivity contribution in [1.29, 1.82) is 0 Å². The number of amides is 3. The number of nitrogens with zero attached hydrogens (tertiary/aromatic N) is 2. The molecule has 0 radical (unpaired) electrons. The Morgan fingerprint density at radius 1 is 0.872 bits per heavy atom. The maximum atomic E-state index is 13.5. The molecular weight excluding hydrogens is 492 g/mol. The van der Waals surface area contributed by atoms with Gasteiger partial charge in [0.05, 0.1) is 12.7 Å². The van der Waals surface area contributed by atoms with Gasteiger partial charge >= 0.3 is 6.09 Å². The minimum atomic E-state index is -0.935. The quantitative estimate of drug-likeness (QED) is 0.388. The second-order valence-corrected chi connectivity index (χ2v) is 10.2. The zero-order valence-electron chi connectivity index (χ0n) is 22.5. The number of carbonyl (C=O) groups is 3. The van der Waals surface area contributed by atoms with Crippen molar-refractivity contribution >= 4 is 17.9 Å². The van der Waals surface area contributed by atoms with Gasteiger partial charge in [0, 0.05) is 13.0 Å². The maximum absolute atomic E-state index is 13.5. The van der Waals surface area contributed by atoms with Crippen molar-refractivity contribution in [2.75, 3.05) is 6.67 Å². The maximum Gasteiger partial charge on any atom is 0.408 e. The number of hydrogen-bond acceptors (Lipinski definition) is 5. The third-order valence-corrected chi connectivity index (χ3v) is 6.59. The average molecular weight is 529 g/mol. The molecule has 0 aromatic heterocycles. The molecule has 39 heavy (non-hydrogen) atoms. The number of benzene rings is 3. The van der Waals surface area contributed by atoms with Crippen LogP contribution in [0.2, 0.25) is 0 Å². The van der Waals surface area contributed by atoms with Gasteiger partial charge in [0.1, 0.15) is 12.6 Å². The predicted molar refractivity (Wildman–Crippen MR) is 149 cm³/mol. The molecule has 1 fully saturated rings. The fraction of sp³-hybridized carbons (Fsp3) is 0.323. The summed E-state index contributed by atoms with van der Waals surface area (Å²) >= 11 is 0. The van der Waals surface area contributed by atoms with Crippen LogP contribution in [0, 0.1) is 5.92 Å². The van der Waals surface area contributed by atoms with Crippen LogP contribution in [-0.2, 0) is 33.9 Å². The van der Waals surface area contributed by atoms with Crippen molar-refractivity contribution in [3.8, 4) is 0 Å². The zero-order valence-corrected chi connectivity index (χ0v) is 22.5. The molecule has 1 aliphatic rings. The van der Waals surface area contributed by atoms with Crippen LogP contribution < -0.4 is 10.7 Å². The van der Waals surface area contributed by atoms with Gasteiger partial charge in [0.15, 0.2) is 0 Å². The zero-order chi connectivity index (χ0) is 27.6. The number of alkyl carbamates (subject to hydrolysis) is 1. The first-order chi connectivity index (χ1) is 18.9. The monoisotopic (exact) mass is 528 g/mol. The molecule has 3 aromatic carbocycles. The molecule has 0 spiro atoms. The first-order valence-electron chi connectivity index (χ1n) is 13.3. The highest BCUT2D eigenvalue weighted by atomic mass is 16.5. The van der Waals surface area contributed by atoms with E-state index in [4.69, 9.17) is 4.74 Å². The first-order valence-corrected chi connectivity index (χ1v) is 13.3. The molecule has 2 N–H and O–H groups in total. The molecule has 0 saturated carbocycles. The number of hydrazine groups is 1. The van der Waals surface area contributed by atoms with Gasteiger partial charge in [-0.05, 0) is 29.0 Å². The SMILES string of the molecule is CC(C)C[C@H]1C(=O)N(NC(=O)C(Cc2ccccc2)NC(=O)OCc2ccccc2)CN1Cc1ccccc1. The van der Waals surface area contributed by atoms with Crippen molar-refractivity contribution in [1.82, 2.24) is 20.7 Å². The van der Waals surface area contributed by atoms with Crippen LogP contribution >= 0.6 is 0 Å². The number of carbonyl (C=O) groups excluding carboxylic acids is 3. The van der Waals surface area contributed by atoms with Crippen molar-refractivity contribution in [3.05, 3.63) is 108 Å². The fourth-order valence-electron chi connectivity index (χ4n) is 4.63.